The summed E-state index contributed by atoms with van der Waals surface area (Å²) in [6.45, 7) is 11.7. The molecule has 0 radical (unpaired) electrons. The first-order valence-electron chi connectivity index (χ1n) is 12.5. The molecule has 7 heteroatoms. The fraction of sp³-hybridized carbons (Fsp3) is 0.500. The summed E-state index contributed by atoms with van der Waals surface area (Å²) in [5.74, 6) is -0.556. The van der Waals surface area contributed by atoms with Crippen molar-refractivity contribution in [3.05, 3.63) is 68.8 Å². The van der Waals surface area contributed by atoms with Gasteiger partial charge < -0.3 is 19.5 Å². The van der Waals surface area contributed by atoms with Crippen LogP contribution in [0.1, 0.15) is 67.1 Å². The van der Waals surface area contributed by atoms with E-state index in [4.69, 9.17) is 9.47 Å². The van der Waals surface area contributed by atoms with Crippen molar-refractivity contribution < 1.29 is 24.2 Å². The second kappa shape index (κ2) is 10.9. The van der Waals surface area contributed by atoms with Crippen molar-refractivity contribution in [3.63, 3.8) is 0 Å². The van der Waals surface area contributed by atoms with E-state index < -0.39 is 6.10 Å². The van der Waals surface area contributed by atoms with Crippen molar-refractivity contribution in [2.45, 2.75) is 46.3 Å². The van der Waals surface area contributed by atoms with Crippen LogP contribution < -0.4 is 0 Å². The van der Waals surface area contributed by atoms with Gasteiger partial charge in [0.05, 0.1) is 24.3 Å². The van der Waals surface area contributed by atoms with Crippen LogP contribution in [-0.2, 0) is 28.9 Å². The average molecular weight is 481 g/mol. The number of esters is 2. The molecule has 0 amide bonds. The summed E-state index contributed by atoms with van der Waals surface area (Å²) >= 11 is 0. The van der Waals surface area contributed by atoms with E-state index in [1.54, 1.807) is 6.07 Å². The summed E-state index contributed by atoms with van der Waals surface area (Å²) in [6, 6.07) is 7.60. The maximum Gasteiger partial charge on any atom is 0.338 e. The molecular formula is C28H36N2O5. The second-order valence-electron chi connectivity index (χ2n) is 9.51. The summed E-state index contributed by atoms with van der Waals surface area (Å²) in [4.78, 5) is 28.6. The average Bonchev–Trinajstić information content (AvgIpc) is 3.25. The normalized spacial score (nSPS) is 17.2. The summed E-state index contributed by atoms with van der Waals surface area (Å²) in [5, 5.41) is 11.0. The van der Waals surface area contributed by atoms with Gasteiger partial charge in [-0.15, -0.1) is 0 Å². The van der Waals surface area contributed by atoms with Gasteiger partial charge in [0.15, 0.2) is 0 Å². The molecule has 0 aliphatic carbocycles. The first-order chi connectivity index (χ1) is 16.8. The van der Waals surface area contributed by atoms with Crippen molar-refractivity contribution in [2.75, 3.05) is 46.4 Å². The number of β-amino-alcohol motifs (C(OH)–C–C–N with tert-alkyl or cyclic N) is 1. The van der Waals surface area contributed by atoms with Gasteiger partial charge in [0.25, 0.3) is 0 Å². The van der Waals surface area contributed by atoms with E-state index in [0.29, 0.717) is 24.3 Å². The van der Waals surface area contributed by atoms with Crippen LogP contribution in [0.15, 0.2) is 24.3 Å². The predicted octanol–water partition coefficient (Wildman–Crippen LogP) is 3.22. The van der Waals surface area contributed by atoms with E-state index in [9.17, 15) is 14.7 Å². The van der Waals surface area contributed by atoms with Crippen LogP contribution in [0.5, 0.6) is 0 Å². The first-order valence-corrected chi connectivity index (χ1v) is 12.5. The van der Waals surface area contributed by atoms with Crippen molar-refractivity contribution >= 4 is 11.9 Å². The molecular weight excluding hydrogens is 444 g/mol. The number of aliphatic hydroxyl groups excluding tert-OH is 1. The molecule has 2 heterocycles. The van der Waals surface area contributed by atoms with Gasteiger partial charge in [-0.3, -0.25) is 4.90 Å². The van der Waals surface area contributed by atoms with Crippen molar-refractivity contribution in [1.29, 1.82) is 0 Å². The molecule has 2 aliphatic rings. The SMILES string of the molecule is CCc1c(C(O)CN2CCN(CCc3ccc4c(c3C)COC4=O)CC2)ccc(C(=O)OC)c1C. The number of hydrogen-bond donors (Lipinski definition) is 1. The molecule has 1 N–H and O–H groups in total. The molecule has 7 nitrogen and oxygen atoms in total. The third kappa shape index (κ3) is 5.27. The number of carbonyl (C=O) groups is 2. The fourth-order valence-electron chi connectivity index (χ4n) is 5.38. The smallest absolute Gasteiger partial charge is 0.338 e. The van der Waals surface area contributed by atoms with Gasteiger partial charge >= 0.3 is 11.9 Å². The van der Waals surface area contributed by atoms with Crippen LogP contribution >= 0.6 is 0 Å². The largest absolute Gasteiger partial charge is 0.465 e. The molecule has 188 valence electrons. The van der Waals surface area contributed by atoms with Crippen molar-refractivity contribution in [1.82, 2.24) is 9.80 Å². The maximum absolute atomic E-state index is 12.0. The Morgan fingerprint density at radius 2 is 1.80 bits per heavy atom. The topological polar surface area (TPSA) is 79.3 Å². The monoisotopic (exact) mass is 480 g/mol. The van der Waals surface area contributed by atoms with Gasteiger partial charge in [-0.25, -0.2) is 9.59 Å². The number of nitrogens with zero attached hydrogens (tertiary/aromatic N) is 2. The lowest BCUT2D eigenvalue weighted by molar-refractivity contribution is 0.0533. The number of benzene rings is 2. The Kier molecular flexibility index (Phi) is 7.89. The van der Waals surface area contributed by atoms with Crippen molar-refractivity contribution in [2.24, 2.45) is 0 Å². The summed E-state index contributed by atoms with van der Waals surface area (Å²) in [5.41, 5.74) is 7.57. The maximum atomic E-state index is 12.0. The van der Waals surface area contributed by atoms with Gasteiger partial charge in [-0.05, 0) is 66.6 Å². The Bertz CT molecular complexity index is 1110. The molecule has 2 aliphatic heterocycles. The Hall–Kier alpha value is -2.74. The van der Waals surface area contributed by atoms with E-state index in [0.717, 1.165) is 67.8 Å². The molecule has 1 atom stereocenters. The molecule has 2 aromatic rings. The zero-order chi connectivity index (χ0) is 25.1. The minimum atomic E-state index is -0.596. The van der Waals surface area contributed by atoms with E-state index in [1.165, 1.54) is 18.2 Å². The number of piperazine rings is 1. The standard InChI is InChI=1S/C28H36N2O5/c1-5-21-19(3)22(27(32)34-4)8-9-23(21)26(31)16-30-14-12-29(13-15-30)11-10-20-6-7-24-25(18(20)2)17-35-28(24)33/h6-9,26,31H,5,10-17H2,1-4H3. The highest BCUT2D eigenvalue weighted by molar-refractivity contribution is 5.94. The highest BCUT2D eigenvalue weighted by Crippen LogP contribution is 2.28. The van der Waals surface area contributed by atoms with Gasteiger partial charge in [-0.1, -0.05) is 19.1 Å². The Balaban J connectivity index is 1.31. The lowest BCUT2D eigenvalue weighted by Crippen LogP contribution is -2.48. The Labute approximate surface area is 207 Å². The van der Waals surface area contributed by atoms with E-state index in [2.05, 4.69) is 22.8 Å². The number of carbonyl (C=O) groups excluding carboxylic acids is 2. The summed E-state index contributed by atoms with van der Waals surface area (Å²) < 4.78 is 10.1. The highest BCUT2D eigenvalue weighted by Gasteiger charge is 2.25. The minimum Gasteiger partial charge on any atom is -0.465 e. The molecule has 0 bridgehead atoms. The van der Waals surface area contributed by atoms with Crippen LogP contribution in [-0.4, -0.2) is 73.2 Å². The van der Waals surface area contributed by atoms with Crippen LogP contribution in [0, 0.1) is 13.8 Å². The molecule has 1 saturated heterocycles. The van der Waals surface area contributed by atoms with Gasteiger partial charge in [0.2, 0.25) is 0 Å². The summed E-state index contributed by atoms with van der Waals surface area (Å²) in [6.07, 6.45) is 1.10. The molecule has 2 aromatic carbocycles. The highest BCUT2D eigenvalue weighted by atomic mass is 16.5. The fourth-order valence-corrected chi connectivity index (χ4v) is 5.38. The minimum absolute atomic E-state index is 0.214. The molecule has 1 fully saturated rings. The van der Waals surface area contributed by atoms with E-state index in [-0.39, 0.29) is 11.9 Å². The number of fused-ring (bicyclic) bond motifs is 1. The van der Waals surface area contributed by atoms with Crippen LogP contribution in [0.2, 0.25) is 0 Å². The third-order valence-corrected chi connectivity index (χ3v) is 7.62. The lowest BCUT2D eigenvalue weighted by atomic mass is 9.92. The van der Waals surface area contributed by atoms with Crippen LogP contribution in [0.3, 0.4) is 0 Å². The Morgan fingerprint density at radius 1 is 1.09 bits per heavy atom. The quantitative estimate of drug-likeness (QED) is 0.581. The molecule has 0 aromatic heterocycles. The molecule has 35 heavy (non-hydrogen) atoms. The number of hydrogen-bond acceptors (Lipinski definition) is 7. The third-order valence-electron chi connectivity index (χ3n) is 7.62. The summed E-state index contributed by atoms with van der Waals surface area (Å²) in [7, 11) is 1.39. The van der Waals surface area contributed by atoms with Crippen molar-refractivity contribution in [3.8, 4) is 0 Å². The first kappa shape index (κ1) is 25.4. The number of ether oxygens (including phenoxy) is 2. The van der Waals surface area contributed by atoms with Gasteiger partial charge in [0.1, 0.15) is 6.61 Å². The Morgan fingerprint density at radius 3 is 2.49 bits per heavy atom. The van der Waals surface area contributed by atoms with Gasteiger partial charge in [-0.2, -0.15) is 0 Å². The number of rotatable bonds is 8. The molecule has 0 spiro atoms. The number of methoxy groups -OCH3 is 1. The predicted molar refractivity (Wildman–Crippen MR) is 134 cm³/mol. The molecule has 0 saturated carbocycles. The zero-order valence-electron chi connectivity index (χ0n) is 21.2. The van der Waals surface area contributed by atoms with Crippen LogP contribution in [0.4, 0.5) is 0 Å². The second-order valence-corrected chi connectivity index (χ2v) is 9.51. The van der Waals surface area contributed by atoms with Gasteiger partial charge in [0, 0.05) is 44.8 Å². The lowest BCUT2D eigenvalue weighted by Gasteiger charge is -2.36. The van der Waals surface area contributed by atoms with E-state index >= 15 is 0 Å². The zero-order valence-corrected chi connectivity index (χ0v) is 21.2. The molecule has 4 rings (SSSR count). The number of aliphatic hydroxyl groups is 1. The van der Waals surface area contributed by atoms with E-state index in [1.807, 2.05) is 26.0 Å². The van der Waals surface area contributed by atoms with Crippen LogP contribution in [0.25, 0.3) is 0 Å². The number of cyclic esters (lactones) is 1. The molecule has 1 unspecified atom stereocenters.